The minimum atomic E-state index is -3.98. The number of aromatic nitrogens is 1. The van der Waals surface area contributed by atoms with Crippen molar-refractivity contribution in [1.82, 2.24) is 4.57 Å². The number of rotatable bonds is 4. The molecule has 2 N–H and O–H groups in total. The normalized spacial score (nSPS) is 11.0. The van der Waals surface area contributed by atoms with Crippen molar-refractivity contribution in [3.63, 3.8) is 0 Å². The van der Waals surface area contributed by atoms with Gasteiger partial charge in [0.05, 0.1) is 6.07 Å². The number of primary sulfonamides is 1. The maximum Gasteiger partial charge on any atom is 0.243 e. The highest BCUT2D eigenvalue weighted by atomic mass is 32.2. The fourth-order valence-corrected chi connectivity index (χ4v) is 1.83. The average Bonchev–Trinajstić information content (AvgIpc) is 2.19. The number of hydrogen-bond acceptors (Lipinski definition) is 4. The molecule has 0 aliphatic carbocycles. The Morgan fingerprint density at radius 2 is 2.19 bits per heavy atom. The molecule has 7 heteroatoms. The zero-order valence-electron chi connectivity index (χ0n) is 8.46. The van der Waals surface area contributed by atoms with Crippen LogP contribution in [0.5, 0.6) is 0 Å². The minimum Gasteiger partial charge on any atom is -0.353 e. The Hall–Kier alpha value is -1.65. The van der Waals surface area contributed by atoms with Crippen molar-refractivity contribution < 1.29 is 8.42 Å². The van der Waals surface area contributed by atoms with Crippen LogP contribution >= 0.6 is 0 Å². The van der Waals surface area contributed by atoms with Crippen molar-refractivity contribution in [2.24, 2.45) is 5.14 Å². The van der Waals surface area contributed by atoms with Crippen LogP contribution in [0.2, 0.25) is 0 Å². The first-order chi connectivity index (χ1) is 7.45. The molecule has 0 unspecified atom stereocenters. The predicted molar refractivity (Wildman–Crippen MR) is 56.9 cm³/mol. The van der Waals surface area contributed by atoms with Gasteiger partial charge in [-0.1, -0.05) is 0 Å². The van der Waals surface area contributed by atoms with Gasteiger partial charge in [-0.15, -0.1) is 0 Å². The molecule has 0 fully saturated rings. The van der Waals surface area contributed by atoms with Crippen molar-refractivity contribution in [2.45, 2.75) is 24.3 Å². The lowest BCUT2D eigenvalue weighted by Crippen LogP contribution is -2.22. The van der Waals surface area contributed by atoms with Gasteiger partial charge in [-0.25, -0.2) is 13.6 Å². The zero-order chi connectivity index (χ0) is 12.2. The van der Waals surface area contributed by atoms with E-state index in [1.54, 1.807) is 0 Å². The molecule has 0 saturated carbocycles. The summed E-state index contributed by atoms with van der Waals surface area (Å²) in [5.41, 5.74) is -0.626. The maximum absolute atomic E-state index is 11.2. The molecule has 86 valence electrons. The van der Waals surface area contributed by atoms with Gasteiger partial charge in [-0.05, 0) is 6.42 Å². The molecule has 0 saturated heterocycles. The summed E-state index contributed by atoms with van der Waals surface area (Å²) in [6.45, 7) is 0.469. The van der Waals surface area contributed by atoms with Crippen molar-refractivity contribution in [1.29, 1.82) is 5.26 Å². The van der Waals surface area contributed by atoms with Crippen molar-refractivity contribution >= 4 is 10.0 Å². The molecule has 0 radical (unpaired) electrons. The van der Waals surface area contributed by atoms with Crippen LogP contribution in [0.3, 0.4) is 0 Å². The Bertz CT molecular complexity index is 568. The molecule has 0 aliphatic heterocycles. The van der Waals surface area contributed by atoms with Crippen LogP contribution in [0.4, 0.5) is 0 Å². The topological polar surface area (TPSA) is 106 Å². The van der Waals surface area contributed by atoms with Gasteiger partial charge in [0.2, 0.25) is 15.5 Å². The largest absolute Gasteiger partial charge is 0.353 e. The Morgan fingerprint density at radius 1 is 1.50 bits per heavy atom. The van der Waals surface area contributed by atoms with Crippen LogP contribution < -0.4 is 10.6 Å². The zero-order valence-corrected chi connectivity index (χ0v) is 9.27. The molecule has 6 nitrogen and oxygen atoms in total. The molecule has 1 rings (SSSR count). The lowest BCUT2D eigenvalue weighted by Gasteiger charge is -2.05. The van der Waals surface area contributed by atoms with E-state index in [-0.39, 0.29) is 0 Å². The van der Waals surface area contributed by atoms with E-state index in [4.69, 9.17) is 10.4 Å². The molecule has 1 heterocycles. The van der Waals surface area contributed by atoms with E-state index in [1.807, 2.05) is 6.07 Å². The highest BCUT2D eigenvalue weighted by Crippen LogP contribution is 2.01. The summed E-state index contributed by atoms with van der Waals surface area (Å²) in [4.78, 5) is 10.8. The second-order valence-corrected chi connectivity index (χ2v) is 4.75. The van der Waals surface area contributed by atoms with E-state index < -0.39 is 20.3 Å². The number of pyridine rings is 1. The minimum absolute atomic E-state index is 0.372. The number of aryl methyl sites for hydroxylation is 1. The highest BCUT2D eigenvalue weighted by molar-refractivity contribution is 7.89. The van der Waals surface area contributed by atoms with Crippen LogP contribution in [-0.4, -0.2) is 13.0 Å². The van der Waals surface area contributed by atoms with Crippen LogP contribution in [0, 0.1) is 11.3 Å². The van der Waals surface area contributed by atoms with Gasteiger partial charge in [0, 0.05) is 31.4 Å². The third-order valence-electron chi connectivity index (χ3n) is 1.95. The van der Waals surface area contributed by atoms with Crippen molar-refractivity contribution in [2.75, 3.05) is 0 Å². The first kappa shape index (κ1) is 12.4. The fraction of sp³-hybridized carbons (Fsp3) is 0.333. The van der Waals surface area contributed by atoms with Gasteiger partial charge >= 0.3 is 0 Å². The first-order valence-corrected chi connectivity index (χ1v) is 6.09. The average molecular weight is 241 g/mol. The molecular formula is C9H11N3O3S. The van der Waals surface area contributed by atoms with Gasteiger partial charge in [-0.3, -0.25) is 4.79 Å². The Balaban J connectivity index is 3.01. The molecule has 0 atom stereocenters. The quantitative estimate of drug-likeness (QED) is 0.736. The fourth-order valence-electron chi connectivity index (χ4n) is 1.20. The van der Waals surface area contributed by atoms with Gasteiger partial charge < -0.3 is 4.57 Å². The standard InChI is InChI=1S/C9H11N3O3S/c10-4-1-2-5-12-6-3-8(13)9(7-12)16(11,14)15/h3,6-7H,1-2,5H2,(H2,11,14,15). The summed E-state index contributed by atoms with van der Waals surface area (Å²) >= 11 is 0. The lowest BCUT2D eigenvalue weighted by molar-refractivity contribution is 0.591. The molecule has 0 amide bonds. The second kappa shape index (κ2) is 4.92. The van der Waals surface area contributed by atoms with Crippen LogP contribution in [0.25, 0.3) is 0 Å². The second-order valence-electron chi connectivity index (χ2n) is 3.22. The van der Waals surface area contributed by atoms with E-state index in [0.717, 1.165) is 6.07 Å². The molecule has 1 aromatic rings. The SMILES string of the molecule is N#CCCCn1ccc(=O)c(S(N)(=O)=O)c1. The van der Waals surface area contributed by atoms with Gasteiger partial charge in [0.1, 0.15) is 4.90 Å². The third-order valence-corrected chi connectivity index (χ3v) is 2.87. The first-order valence-electron chi connectivity index (χ1n) is 4.55. The summed E-state index contributed by atoms with van der Waals surface area (Å²) in [5.74, 6) is 0. The number of nitriles is 1. The van der Waals surface area contributed by atoms with Crippen molar-refractivity contribution in [3.8, 4) is 6.07 Å². The molecule has 1 aromatic heterocycles. The summed E-state index contributed by atoms with van der Waals surface area (Å²) < 4.78 is 23.6. The van der Waals surface area contributed by atoms with E-state index in [1.165, 1.54) is 17.0 Å². The predicted octanol–water partition coefficient (Wildman–Crippen LogP) is -0.201. The van der Waals surface area contributed by atoms with E-state index in [9.17, 15) is 13.2 Å². The van der Waals surface area contributed by atoms with Crippen LogP contribution in [0.15, 0.2) is 28.2 Å². The number of sulfonamides is 1. The smallest absolute Gasteiger partial charge is 0.243 e. The van der Waals surface area contributed by atoms with Crippen molar-refractivity contribution in [3.05, 3.63) is 28.7 Å². The van der Waals surface area contributed by atoms with E-state index >= 15 is 0 Å². The highest BCUT2D eigenvalue weighted by Gasteiger charge is 2.12. The van der Waals surface area contributed by atoms with Gasteiger partial charge in [0.25, 0.3) is 0 Å². The molecule has 0 bridgehead atoms. The number of unbranched alkanes of at least 4 members (excludes halogenated alkanes) is 1. The van der Waals surface area contributed by atoms with Crippen LogP contribution in [-0.2, 0) is 16.6 Å². The van der Waals surface area contributed by atoms with E-state index in [0.29, 0.717) is 19.4 Å². The summed E-state index contributed by atoms with van der Waals surface area (Å²) in [6, 6.07) is 3.12. The Labute approximate surface area is 93.0 Å². The summed E-state index contributed by atoms with van der Waals surface area (Å²) in [5, 5.41) is 13.2. The number of nitrogens with zero attached hydrogens (tertiary/aromatic N) is 2. The van der Waals surface area contributed by atoms with E-state index in [2.05, 4.69) is 0 Å². The maximum atomic E-state index is 11.2. The van der Waals surface area contributed by atoms with Gasteiger partial charge in [-0.2, -0.15) is 5.26 Å². The van der Waals surface area contributed by atoms with Crippen LogP contribution in [0.1, 0.15) is 12.8 Å². The molecule has 16 heavy (non-hydrogen) atoms. The Morgan fingerprint density at radius 3 is 2.75 bits per heavy atom. The Kier molecular flexibility index (Phi) is 3.82. The summed E-state index contributed by atoms with van der Waals surface area (Å²) in [7, 11) is -3.98. The van der Waals surface area contributed by atoms with Gasteiger partial charge in [0.15, 0.2) is 0 Å². The monoisotopic (exact) mass is 241 g/mol. The number of nitrogens with two attached hydrogens (primary N) is 1. The summed E-state index contributed by atoms with van der Waals surface area (Å²) in [6.07, 6.45) is 3.61. The third kappa shape index (κ3) is 3.18. The molecule has 0 aliphatic rings. The molecule has 0 spiro atoms. The number of hydrogen-bond donors (Lipinski definition) is 1. The lowest BCUT2D eigenvalue weighted by atomic mass is 10.3. The molecule has 0 aromatic carbocycles. The molecular weight excluding hydrogens is 230 g/mol.